The highest BCUT2D eigenvalue weighted by Gasteiger charge is 2.39. The van der Waals surface area contributed by atoms with Gasteiger partial charge in [-0.05, 0) is 33.0 Å². The molecule has 0 bridgehead atoms. The van der Waals surface area contributed by atoms with E-state index in [1.165, 1.54) is 7.11 Å². The molecule has 0 aromatic heterocycles. The average molecular weight is 514 g/mol. The smallest absolute Gasteiger partial charge is 0.328 e. The number of hydrogen-bond donors (Lipinski definition) is 1. The summed E-state index contributed by atoms with van der Waals surface area (Å²) in [7, 11) is 1.35. The van der Waals surface area contributed by atoms with Gasteiger partial charge >= 0.3 is 5.97 Å². The fraction of sp³-hybridized carbons (Fsp3) is 0.143. The Morgan fingerprint density at radius 2 is 1.15 bits per heavy atom. The van der Waals surface area contributed by atoms with E-state index in [9.17, 15) is 9.59 Å². The van der Waals surface area contributed by atoms with E-state index in [-0.39, 0.29) is 12.3 Å². The molecule has 5 rings (SSSR count). The number of methoxy groups -OCH3 is 1. The maximum Gasteiger partial charge on any atom is 0.328 e. The number of ether oxygens (including phenoxy) is 1. The molecule has 0 unspecified atom stereocenters. The van der Waals surface area contributed by atoms with Crippen LogP contribution in [0.25, 0.3) is 10.8 Å². The summed E-state index contributed by atoms with van der Waals surface area (Å²) < 4.78 is 5.10. The average Bonchev–Trinajstić information content (AvgIpc) is 3.00. The second-order valence-corrected chi connectivity index (χ2v) is 9.71. The van der Waals surface area contributed by atoms with E-state index in [0.717, 1.165) is 33.0 Å². The Labute approximate surface area is 229 Å². The van der Waals surface area contributed by atoms with Crippen molar-refractivity contribution < 1.29 is 14.3 Å². The molecule has 0 fully saturated rings. The van der Waals surface area contributed by atoms with Gasteiger partial charge < -0.3 is 10.1 Å². The van der Waals surface area contributed by atoms with Crippen LogP contribution in [0.2, 0.25) is 0 Å². The van der Waals surface area contributed by atoms with Gasteiger partial charge in [0.1, 0.15) is 6.04 Å². The Bertz CT molecular complexity index is 1450. The van der Waals surface area contributed by atoms with Crippen LogP contribution in [0.15, 0.2) is 133 Å². The third-order valence-corrected chi connectivity index (χ3v) is 7.30. The van der Waals surface area contributed by atoms with Gasteiger partial charge in [-0.25, -0.2) is 4.79 Å². The summed E-state index contributed by atoms with van der Waals surface area (Å²) in [6.45, 7) is 0. The van der Waals surface area contributed by atoms with Gasteiger partial charge in [-0.1, -0.05) is 133 Å². The molecule has 0 aliphatic rings. The second-order valence-electron chi connectivity index (χ2n) is 9.71. The molecule has 0 aliphatic heterocycles. The highest BCUT2D eigenvalue weighted by atomic mass is 16.5. The molecule has 0 heterocycles. The number of carbonyl (C=O) groups is 2. The van der Waals surface area contributed by atoms with Crippen LogP contribution < -0.4 is 5.32 Å². The van der Waals surface area contributed by atoms with Crippen molar-refractivity contribution in [1.82, 2.24) is 5.32 Å². The van der Waals surface area contributed by atoms with Crippen molar-refractivity contribution in [1.29, 1.82) is 0 Å². The Morgan fingerprint density at radius 1 is 0.667 bits per heavy atom. The molecule has 1 atom stereocenters. The molecular weight excluding hydrogens is 482 g/mol. The van der Waals surface area contributed by atoms with Crippen molar-refractivity contribution in [3.8, 4) is 0 Å². The number of rotatable bonds is 9. The van der Waals surface area contributed by atoms with E-state index in [4.69, 9.17) is 4.74 Å². The lowest BCUT2D eigenvalue weighted by Gasteiger charge is -2.36. The normalized spacial score (nSPS) is 12.0. The molecule has 0 spiro atoms. The predicted octanol–water partition coefficient (Wildman–Crippen LogP) is 6.46. The minimum absolute atomic E-state index is 0.121. The highest BCUT2D eigenvalue weighted by Crippen LogP contribution is 2.42. The van der Waals surface area contributed by atoms with Crippen LogP contribution in [0, 0.1) is 0 Å². The highest BCUT2D eigenvalue weighted by molar-refractivity contribution is 5.87. The zero-order valence-electron chi connectivity index (χ0n) is 21.9. The second kappa shape index (κ2) is 11.8. The standard InChI is InChI=1S/C35H31NO3/c1-39-34(38)32(24-26-21-22-27-13-11-12-14-28(27)23-26)36-33(37)25-35(29-15-5-2-6-16-29,30-17-7-3-8-18-30)31-19-9-4-10-20-31/h2-23,32H,24-25H2,1H3,(H,36,37)/t32-/m1/s1. The number of hydrogen-bond acceptors (Lipinski definition) is 3. The number of esters is 1. The van der Waals surface area contributed by atoms with Gasteiger partial charge in [-0.15, -0.1) is 0 Å². The van der Waals surface area contributed by atoms with Crippen molar-refractivity contribution in [2.75, 3.05) is 7.11 Å². The summed E-state index contributed by atoms with van der Waals surface area (Å²) in [6, 6.07) is 43.5. The SMILES string of the molecule is COC(=O)[C@@H](Cc1ccc2ccccc2c1)NC(=O)CC(c1ccccc1)(c1ccccc1)c1ccccc1. The van der Waals surface area contributed by atoms with Gasteiger partial charge in [0.25, 0.3) is 0 Å². The molecule has 0 aliphatic carbocycles. The number of amides is 1. The van der Waals surface area contributed by atoms with Crippen molar-refractivity contribution in [3.63, 3.8) is 0 Å². The van der Waals surface area contributed by atoms with Crippen LogP contribution in [0.4, 0.5) is 0 Å². The fourth-order valence-corrected chi connectivity index (χ4v) is 5.40. The maximum atomic E-state index is 13.9. The molecule has 194 valence electrons. The lowest BCUT2D eigenvalue weighted by Crippen LogP contribution is -2.46. The minimum atomic E-state index is -0.816. The van der Waals surface area contributed by atoms with E-state index < -0.39 is 17.4 Å². The van der Waals surface area contributed by atoms with Gasteiger partial charge in [-0.3, -0.25) is 4.79 Å². The van der Waals surface area contributed by atoms with Crippen LogP contribution in [0.5, 0.6) is 0 Å². The fourth-order valence-electron chi connectivity index (χ4n) is 5.40. The number of benzene rings is 5. The molecule has 5 aromatic carbocycles. The molecular formula is C35H31NO3. The van der Waals surface area contributed by atoms with Crippen molar-refractivity contribution in [3.05, 3.63) is 156 Å². The van der Waals surface area contributed by atoms with Crippen molar-refractivity contribution in [2.24, 2.45) is 0 Å². The quantitative estimate of drug-likeness (QED) is 0.182. The zero-order valence-corrected chi connectivity index (χ0v) is 21.9. The molecule has 1 amide bonds. The van der Waals surface area contributed by atoms with E-state index in [0.29, 0.717) is 6.42 Å². The molecule has 1 N–H and O–H groups in total. The van der Waals surface area contributed by atoms with Gasteiger partial charge in [-0.2, -0.15) is 0 Å². The monoisotopic (exact) mass is 513 g/mol. The largest absolute Gasteiger partial charge is 0.467 e. The molecule has 0 saturated carbocycles. The predicted molar refractivity (Wildman–Crippen MR) is 155 cm³/mol. The van der Waals surface area contributed by atoms with Crippen LogP contribution in [0.1, 0.15) is 28.7 Å². The Hall–Kier alpha value is -4.70. The topological polar surface area (TPSA) is 55.4 Å². The minimum Gasteiger partial charge on any atom is -0.467 e. The van der Waals surface area contributed by atoms with Gasteiger partial charge in [0, 0.05) is 12.8 Å². The molecule has 4 heteroatoms. The molecule has 0 radical (unpaired) electrons. The Morgan fingerprint density at radius 3 is 1.67 bits per heavy atom. The van der Waals surface area contributed by atoms with Crippen LogP contribution in [-0.4, -0.2) is 25.0 Å². The summed E-state index contributed by atoms with van der Waals surface area (Å²) in [5.41, 5.74) is 3.20. The van der Waals surface area contributed by atoms with E-state index >= 15 is 0 Å². The Balaban J connectivity index is 1.50. The summed E-state index contributed by atoms with van der Waals surface area (Å²) in [6.07, 6.45) is 0.453. The first-order chi connectivity index (χ1) is 19.1. The summed E-state index contributed by atoms with van der Waals surface area (Å²) >= 11 is 0. The third kappa shape index (κ3) is 5.60. The van der Waals surface area contributed by atoms with Gasteiger partial charge in [0.2, 0.25) is 5.91 Å². The van der Waals surface area contributed by atoms with E-state index in [2.05, 4.69) is 53.8 Å². The first-order valence-electron chi connectivity index (χ1n) is 13.1. The van der Waals surface area contributed by atoms with Crippen LogP contribution >= 0.6 is 0 Å². The lowest BCUT2D eigenvalue weighted by molar-refractivity contribution is -0.145. The van der Waals surface area contributed by atoms with Crippen molar-refractivity contribution in [2.45, 2.75) is 24.3 Å². The Kier molecular flexibility index (Phi) is 7.83. The number of carbonyl (C=O) groups excluding carboxylic acids is 2. The third-order valence-electron chi connectivity index (χ3n) is 7.30. The zero-order chi connectivity index (χ0) is 27.1. The van der Waals surface area contributed by atoms with Crippen molar-refractivity contribution >= 4 is 22.6 Å². The summed E-state index contributed by atoms with van der Waals surface area (Å²) in [5, 5.41) is 5.22. The number of fused-ring (bicyclic) bond motifs is 1. The van der Waals surface area contributed by atoms with Crippen LogP contribution in [0.3, 0.4) is 0 Å². The van der Waals surface area contributed by atoms with Crippen LogP contribution in [-0.2, 0) is 26.2 Å². The molecule has 39 heavy (non-hydrogen) atoms. The molecule has 0 saturated heterocycles. The van der Waals surface area contributed by atoms with E-state index in [1.54, 1.807) is 0 Å². The maximum absolute atomic E-state index is 13.9. The lowest BCUT2D eigenvalue weighted by atomic mass is 9.67. The molecule has 5 aromatic rings. The van der Waals surface area contributed by atoms with Gasteiger partial charge in [0.05, 0.1) is 12.5 Å². The van der Waals surface area contributed by atoms with Gasteiger partial charge in [0.15, 0.2) is 0 Å². The summed E-state index contributed by atoms with van der Waals surface area (Å²) in [5.74, 6) is -0.705. The molecule has 4 nitrogen and oxygen atoms in total. The first kappa shape index (κ1) is 25.9. The van der Waals surface area contributed by atoms with E-state index in [1.807, 2.05) is 84.9 Å². The number of nitrogens with one attached hydrogen (secondary N) is 1. The summed E-state index contributed by atoms with van der Waals surface area (Å²) in [4.78, 5) is 26.7. The first-order valence-corrected chi connectivity index (χ1v) is 13.1.